The summed E-state index contributed by atoms with van der Waals surface area (Å²) < 4.78 is 0. The first-order chi connectivity index (χ1) is 6.27. The molecule has 0 amide bonds. The molecule has 13 heavy (non-hydrogen) atoms. The third-order valence-corrected chi connectivity index (χ3v) is 2.51. The molecule has 0 nitrogen and oxygen atoms in total. The van der Waals surface area contributed by atoms with Gasteiger partial charge in [0.15, 0.2) is 0 Å². The molecule has 1 unspecified atom stereocenters. The van der Waals surface area contributed by atoms with Crippen LogP contribution in [0.5, 0.6) is 0 Å². The van der Waals surface area contributed by atoms with Crippen molar-refractivity contribution >= 4 is 0 Å². The minimum absolute atomic E-state index is 0.715. The van der Waals surface area contributed by atoms with E-state index in [1.54, 1.807) is 0 Å². The molecule has 72 valence electrons. The van der Waals surface area contributed by atoms with Crippen molar-refractivity contribution in [3.05, 3.63) is 35.5 Å². The number of rotatable bonds is 3. The molecule has 0 fully saturated rings. The van der Waals surface area contributed by atoms with Gasteiger partial charge in [0.05, 0.1) is 0 Å². The highest BCUT2D eigenvalue weighted by Gasteiger charge is 2.06. The summed E-state index contributed by atoms with van der Waals surface area (Å²) in [6.07, 6.45) is 12.8. The quantitative estimate of drug-likeness (QED) is 0.603. The SMILES string of the molecule is C/C=C(/CCC)C1=CC(C)CC=C1. The molecule has 0 aliphatic heterocycles. The van der Waals surface area contributed by atoms with Crippen LogP contribution in [0.25, 0.3) is 0 Å². The summed E-state index contributed by atoms with van der Waals surface area (Å²) in [5.74, 6) is 0.715. The van der Waals surface area contributed by atoms with Crippen molar-refractivity contribution in [3.8, 4) is 0 Å². The van der Waals surface area contributed by atoms with Crippen LogP contribution in [0.4, 0.5) is 0 Å². The molecular formula is C13H20. The van der Waals surface area contributed by atoms with Crippen molar-refractivity contribution in [2.45, 2.75) is 40.0 Å². The molecule has 0 aromatic rings. The lowest BCUT2D eigenvalue weighted by Gasteiger charge is -2.14. The van der Waals surface area contributed by atoms with Crippen molar-refractivity contribution in [1.82, 2.24) is 0 Å². The molecule has 0 aromatic heterocycles. The molecule has 0 heterocycles. The van der Waals surface area contributed by atoms with Crippen molar-refractivity contribution in [3.63, 3.8) is 0 Å². The van der Waals surface area contributed by atoms with E-state index in [4.69, 9.17) is 0 Å². The zero-order chi connectivity index (χ0) is 9.68. The third kappa shape index (κ3) is 2.87. The average molecular weight is 176 g/mol. The van der Waals surface area contributed by atoms with E-state index in [9.17, 15) is 0 Å². The fourth-order valence-electron chi connectivity index (χ4n) is 1.78. The zero-order valence-electron chi connectivity index (χ0n) is 9.01. The molecule has 0 bridgehead atoms. The topological polar surface area (TPSA) is 0 Å². The molecule has 0 aromatic carbocycles. The first kappa shape index (κ1) is 10.3. The normalized spacial score (nSPS) is 23.2. The van der Waals surface area contributed by atoms with E-state index in [0.717, 1.165) is 0 Å². The van der Waals surface area contributed by atoms with Gasteiger partial charge in [-0.2, -0.15) is 0 Å². The molecule has 1 aliphatic carbocycles. The smallest absolute Gasteiger partial charge is 0.0218 e. The van der Waals surface area contributed by atoms with Gasteiger partial charge in [-0.3, -0.25) is 0 Å². The van der Waals surface area contributed by atoms with E-state index >= 15 is 0 Å². The molecule has 1 atom stereocenters. The summed E-state index contributed by atoms with van der Waals surface area (Å²) in [5, 5.41) is 0. The summed E-state index contributed by atoms with van der Waals surface area (Å²) in [5.41, 5.74) is 2.95. The van der Waals surface area contributed by atoms with Crippen LogP contribution in [0.15, 0.2) is 35.5 Å². The highest BCUT2D eigenvalue weighted by Crippen LogP contribution is 2.24. The Balaban J connectivity index is 2.74. The van der Waals surface area contributed by atoms with Crippen LogP contribution in [0, 0.1) is 5.92 Å². The van der Waals surface area contributed by atoms with Crippen molar-refractivity contribution in [2.24, 2.45) is 5.92 Å². The maximum absolute atomic E-state index is 2.39. The number of allylic oxidation sites excluding steroid dienone is 6. The minimum atomic E-state index is 0.715. The molecule has 1 rings (SSSR count). The van der Waals surface area contributed by atoms with Gasteiger partial charge in [0, 0.05) is 0 Å². The Morgan fingerprint density at radius 3 is 2.92 bits per heavy atom. The van der Waals surface area contributed by atoms with E-state index in [0.29, 0.717) is 5.92 Å². The fourth-order valence-corrected chi connectivity index (χ4v) is 1.78. The van der Waals surface area contributed by atoms with Gasteiger partial charge >= 0.3 is 0 Å². The molecule has 0 saturated carbocycles. The Kier molecular flexibility index (Phi) is 4.01. The molecular weight excluding hydrogens is 156 g/mol. The summed E-state index contributed by atoms with van der Waals surface area (Å²) in [4.78, 5) is 0. The second-order valence-electron chi connectivity index (χ2n) is 3.80. The van der Waals surface area contributed by atoms with Crippen LogP contribution >= 0.6 is 0 Å². The first-order valence-corrected chi connectivity index (χ1v) is 5.31. The van der Waals surface area contributed by atoms with Crippen LogP contribution in [-0.4, -0.2) is 0 Å². The van der Waals surface area contributed by atoms with Crippen molar-refractivity contribution in [2.75, 3.05) is 0 Å². The lowest BCUT2D eigenvalue weighted by Crippen LogP contribution is -1.97. The number of hydrogen-bond donors (Lipinski definition) is 0. The van der Waals surface area contributed by atoms with Gasteiger partial charge in [0.1, 0.15) is 0 Å². The summed E-state index contributed by atoms with van der Waals surface area (Å²) in [7, 11) is 0. The van der Waals surface area contributed by atoms with Gasteiger partial charge in [-0.25, -0.2) is 0 Å². The van der Waals surface area contributed by atoms with E-state index in [2.05, 4.69) is 45.1 Å². The average Bonchev–Trinajstić information content (AvgIpc) is 2.14. The van der Waals surface area contributed by atoms with Gasteiger partial charge in [-0.1, -0.05) is 44.6 Å². The second-order valence-corrected chi connectivity index (χ2v) is 3.80. The predicted octanol–water partition coefficient (Wildman–Crippen LogP) is 4.26. The Bertz CT molecular complexity index is 241. The summed E-state index contributed by atoms with van der Waals surface area (Å²) >= 11 is 0. The Hall–Kier alpha value is -0.780. The van der Waals surface area contributed by atoms with Gasteiger partial charge in [-0.05, 0) is 36.8 Å². The van der Waals surface area contributed by atoms with Gasteiger partial charge in [-0.15, -0.1) is 0 Å². The molecule has 0 spiro atoms. The lowest BCUT2D eigenvalue weighted by molar-refractivity contribution is 0.727. The molecule has 0 saturated heterocycles. The minimum Gasteiger partial charge on any atom is -0.0839 e. The van der Waals surface area contributed by atoms with Gasteiger partial charge in [0.25, 0.3) is 0 Å². The standard InChI is InChI=1S/C13H20/c1-4-7-12(5-2)13-9-6-8-11(3)10-13/h5-6,9-11H,4,7-8H2,1-3H3/b12-5-. The Labute approximate surface area is 82.0 Å². The van der Waals surface area contributed by atoms with Crippen LogP contribution in [0.3, 0.4) is 0 Å². The van der Waals surface area contributed by atoms with E-state index < -0.39 is 0 Å². The molecule has 1 aliphatic rings. The van der Waals surface area contributed by atoms with Crippen molar-refractivity contribution in [1.29, 1.82) is 0 Å². The highest BCUT2D eigenvalue weighted by molar-refractivity contribution is 5.41. The highest BCUT2D eigenvalue weighted by atomic mass is 14.1. The zero-order valence-corrected chi connectivity index (χ0v) is 9.01. The maximum Gasteiger partial charge on any atom is -0.0218 e. The van der Waals surface area contributed by atoms with Crippen LogP contribution in [0.1, 0.15) is 40.0 Å². The fraction of sp³-hybridized carbons (Fsp3) is 0.538. The molecule has 0 N–H and O–H groups in total. The van der Waals surface area contributed by atoms with Crippen LogP contribution in [-0.2, 0) is 0 Å². The second kappa shape index (κ2) is 5.06. The predicted molar refractivity (Wildman–Crippen MR) is 59.7 cm³/mol. The largest absolute Gasteiger partial charge is 0.0839 e. The third-order valence-electron chi connectivity index (χ3n) is 2.51. The van der Waals surface area contributed by atoms with E-state index in [1.807, 2.05) is 0 Å². The first-order valence-electron chi connectivity index (χ1n) is 5.31. The maximum atomic E-state index is 2.39. The summed E-state index contributed by atoms with van der Waals surface area (Å²) in [6.45, 7) is 6.65. The number of hydrogen-bond acceptors (Lipinski definition) is 0. The molecule has 0 radical (unpaired) electrons. The Morgan fingerprint density at radius 1 is 1.62 bits per heavy atom. The Morgan fingerprint density at radius 2 is 2.38 bits per heavy atom. The van der Waals surface area contributed by atoms with Crippen LogP contribution in [0.2, 0.25) is 0 Å². The van der Waals surface area contributed by atoms with E-state index in [1.165, 1.54) is 30.4 Å². The molecule has 0 heteroatoms. The van der Waals surface area contributed by atoms with Gasteiger partial charge < -0.3 is 0 Å². The van der Waals surface area contributed by atoms with Crippen LogP contribution < -0.4 is 0 Å². The van der Waals surface area contributed by atoms with Gasteiger partial charge in [0.2, 0.25) is 0 Å². The van der Waals surface area contributed by atoms with E-state index in [-0.39, 0.29) is 0 Å². The summed E-state index contributed by atoms with van der Waals surface area (Å²) in [6, 6.07) is 0. The monoisotopic (exact) mass is 176 g/mol. The van der Waals surface area contributed by atoms with Crippen molar-refractivity contribution < 1.29 is 0 Å². The lowest BCUT2D eigenvalue weighted by atomic mass is 9.91.